The predicted molar refractivity (Wildman–Crippen MR) is 204 cm³/mol. The number of aliphatic hydroxyl groups is 4. The van der Waals surface area contributed by atoms with Crippen LogP contribution in [0.3, 0.4) is 0 Å². The Morgan fingerprint density at radius 1 is 0.750 bits per heavy atom. The highest BCUT2D eigenvalue weighted by molar-refractivity contribution is 7.80. The number of hydrogen-bond acceptors (Lipinski definition) is 10. The maximum atomic E-state index is 12.9. The molecule has 0 aromatic heterocycles. The Morgan fingerprint density at radius 2 is 1.25 bits per heavy atom. The van der Waals surface area contributed by atoms with Crippen molar-refractivity contribution in [3.63, 3.8) is 0 Å². The van der Waals surface area contributed by atoms with Gasteiger partial charge >= 0.3 is 10.4 Å². The summed E-state index contributed by atoms with van der Waals surface area (Å²) in [6, 6.07) is -0.943. The van der Waals surface area contributed by atoms with Crippen LogP contribution in [-0.2, 0) is 28.9 Å². The van der Waals surface area contributed by atoms with Gasteiger partial charge in [-0.15, -0.1) is 0 Å². The monoisotopic (exact) mass is 763 g/mol. The molecule has 1 rings (SSSR count). The van der Waals surface area contributed by atoms with Crippen molar-refractivity contribution in [2.75, 3.05) is 13.2 Å². The lowest BCUT2D eigenvalue weighted by atomic mass is 9.99. The molecule has 1 aliphatic heterocycles. The standard InChI is InChI=1S/C39H73NO11S/c1-3-5-7-9-11-13-15-16-17-19-20-22-24-26-28-33(42)32(40-35(43)29-27-25-23-21-18-14-12-10-8-6-4-2)31-49-39-37(45)38(51-52(46,47)48)36(44)34(30-41)50-39/h10,12,26,28,32-34,36-39,41-42,44-45H,3-9,11,13-25,27,29-31H2,1-2H3,(H,40,43)(H,46,47,48)/b12-10-,28-26+. The lowest BCUT2D eigenvalue weighted by molar-refractivity contribution is -0.298. The van der Waals surface area contributed by atoms with Crippen LogP contribution in [-0.4, -0.2) is 95.4 Å². The second kappa shape index (κ2) is 30.9. The van der Waals surface area contributed by atoms with Gasteiger partial charge < -0.3 is 35.2 Å². The van der Waals surface area contributed by atoms with Crippen molar-refractivity contribution in [3.8, 4) is 0 Å². The van der Waals surface area contributed by atoms with Crippen LogP contribution < -0.4 is 5.32 Å². The zero-order valence-corrected chi connectivity index (χ0v) is 32.9. The minimum absolute atomic E-state index is 0.258. The minimum Gasteiger partial charge on any atom is -0.394 e. The van der Waals surface area contributed by atoms with Gasteiger partial charge in [0.15, 0.2) is 6.29 Å². The topological polar surface area (TPSA) is 192 Å². The number of amides is 1. The zero-order valence-electron chi connectivity index (χ0n) is 32.1. The van der Waals surface area contributed by atoms with Crippen molar-refractivity contribution in [1.29, 1.82) is 0 Å². The van der Waals surface area contributed by atoms with E-state index in [9.17, 15) is 33.6 Å². The van der Waals surface area contributed by atoms with E-state index in [2.05, 4.69) is 35.5 Å². The molecule has 0 aromatic rings. The van der Waals surface area contributed by atoms with Gasteiger partial charge in [0.2, 0.25) is 5.91 Å². The van der Waals surface area contributed by atoms with Crippen LogP contribution in [0, 0.1) is 0 Å². The molecular weight excluding hydrogens is 690 g/mol. The average molecular weight is 764 g/mol. The lowest BCUT2D eigenvalue weighted by Gasteiger charge is -2.41. The molecule has 7 unspecified atom stereocenters. The van der Waals surface area contributed by atoms with Crippen LogP contribution in [0.15, 0.2) is 24.3 Å². The molecule has 1 heterocycles. The Bertz CT molecular complexity index is 1040. The molecule has 0 bridgehead atoms. The molecule has 1 aliphatic rings. The molecule has 0 aliphatic carbocycles. The Balaban J connectivity index is 2.63. The number of aliphatic hydroxyl groups excluding tert-OH is 4. The quantitative estimate of drug-likeness (QED) is 0.0240. The Labute approximate surface area is 314 Å². The number of ether oxygens (including phenoxy) is 2. The summed E-state index contributed by atoms with van der Waals surface area (Å²) in [6.45, 7) is 3.30. The molecule has 0 aromatic carbocycles. The van der Waals surface area contributed by atoms with E-state index in [1.54, 1.807) is 6.08 Å². The van der Waals surface area contributed by atoms with Gasteiger partial charge in [0.25, 0.3) is 0 Å². The number of carbonyl (C=O) groups excluding carboxylic acids is 1. The second-order valence-corrected chi connectivity index (χ2v) is 15.3. The molecule has 0 radical (unpaired) electrons. The molecule has 0 saturated carbocycles. The lowest BCUT2D eigenvalue weighted by Crippen LogP contribution is -2.61. The van der Waals surface area contributed by atoms with Gasteiger partial charge in [0.1, 0.15) is 24.4 Å². The summed E-state index contributed by atoms with van der Waals surface area (Å²) in [6.07, 6.45) is 23.7. The highest BCUT2D eigenvalue weighted by Gasteiger charge is 2.48. The molecule has 6 N–H and O–H groups in total. The van der Waals surface area contributed by atoms with E-state index in [0.29, 0.717) is 6.42 Å². The Hall–Kier alpha value is -1.42. The molecule has 7 atom stereocenters. The van der Waals surface area contributed by atoms with Gasteiger partial charge in [-0.1, -0.05) is 141 Å². The van der Waals surface area contributed by atoms with E-state index >= 15 is 0 Å². The minimum atomic E-state index is -5.08. The normalized spacial score (nSPS) is 22.3. The molecular formula is C39H73NO11S. The molecule has 13 heteroatoms. The van der Waals surface area contributed by atoms with Crippen LogP contribution >= 0.6 is 0 Å². The first-order valence-corrected chi connectivity index (χ1v) is 21.6. The van der Waals surface area contributed by atoms with Crippen molar-refractivity contribution >= 4 is 16.3 Å². The molecule has 52 heavy (non-hydrogen) atoms. The van der Waals surface area contributed by atoms with Crippen LogP contribution in [0.4, 0.5) is 0 Å². The molecule has 1 saturated heterocycles. The fraction of sp³-hybridized carbons (Fsp3) is 0.872. The summed E-state index contributed by atoms with van der Waals surface area (Å²) in [4.78, 5) is 12.9. The largest absolute Gasteiger partial charge is 0.397 e. The predicted octanol–water partition coefficient (Wildman–Crippen LogP) is 6.60. The van der Waals surface area contributed by atoms with E-state index in [0.717, 1.165) is 57.8 Å². The van der Waals surface area contributed by atoms with Gasteiger partial charge in [0, 0.05) is 6.42 Å². The van der Waals surface area contributed by atoms with Crippen LogP contribution in [0.25, 0.3) is 0 Å². The van der Waals surface area contributed by atoms with E-state index in [1.807, 2.05) is 6.08 Å². The molecule has 0 spiro atoms. The summed E-state index contributed by atoms with van der Waals surface area (Å²) in [5.41, 5.74) is 0. The summed E-state index contributed by atoms with van der Waals surface area (Å²) in [5.74, 6) is -0.276. The smallest absolute Gasteiger partial charge is 0.394 e. The maximum absolute atomic E-state index is 12.9. The van der Waals surface area contributed by atoms with Crippen molar-refractivity contribution < 1.29 is 51.8 Å². The third-order valence-electron chi connectivity index (χ3n) is 9.48. The van der Waals surface area contributed by atoms with Crippen molar-refractivity contribution in [2.45, 2.75) is 204 Å². The molecule has 12 nitrogen and oxygen atoms in total. The number of unbranched alkanes of at least 4 members (excludes halogenated alkanes) is 19. The molecule has 306 valence electrons. The first-order valence-electron chi connectivity index (χ1n) is 20.2. The van der Waals surface area contributed by atoms with Crippen LogP contribution in [0.1, 0.15) is 162 Å². The maximum Gasteiger partial charge on any atom is 0.397 e. The average Bonchev–Trinajstić information content (AvgIpc) is 3.11. The first kappa shape index (κ1) is 48.6. The summed E-state index contributed by atoms with van der Waals surface area (Å²) in [7, 11) is -5.08. The Morgan fingerprint density at radius 3 is 1.79 bits per heavy atom. The summed E-state index contributed by atoms with van der Waals surface area (Å²) in [5, 5.41) is 44.5. The van der Waals surface area contributed by atoms with E-state index < -0.39 is 59.9 Å². The van der Waals surface area contributed by atoms with Crippen LogP contribution in [0.5, 0.6) is 0 Å². The van der Waals surface area contributed by atoms with E-state index in [1.165, 1.54) is 77.0 Å². The van der Waals surface area contributed by atoms with E-state index in [4.69, 9.17) is 14.0 Å². The van der Waals surface area contributed by atoms with Crippen molar-refractivity contribution in [3.05, 3.63) is 24.3 Å². The van der Waals surface area contributed by atoms with Gasteiger partial charge in [-0.2, -0.15) is 8.42 Å². The van der Waals surface area contributed by atoms with Crippen molar-refractivity contribution in [1.82, 2.24) is 5.32 Å². The van der Waals surface area contributed by atoms with Gasteiger partial charge in [0.05, 0.1) is 25.4 Å². The number of hydrogen-bond donors (Lipinski definition) is 6. The first-order chi connectivity index (χ1) is 25.0. The third-order valence-corrected chi connectivity index (χ3v) is 9.94. The third kappa shape index (κ3) is 24.1. The summed E-state index contributed by atoms with van der Waals surface area (Å²) < 4.78 is 47.4. The highest BCUT2D eigenvalue weighted by Crippen LogP contribution is 2.26. The van der Waals surface area contributed by atoms with Crippen LogP contribution in [0.2, 0.25) is 0 Å². The highest BCUT2D eigenvalue weighted by atomic mass is 32.3. The number of allylic oxidation sites excluding steroid dienone is 3. The number of rotatable bonds is 33. The molecule has 1 amide bonds. The van der Waals surface area contributed by atoms with Gasteiger partial charge in [-0.25, -0.2) is 4.18 Å². The summed E-state index contributed by atoms with van der Waals surface area (Å²) >= 11 is 0. The van der Waals surface area contributed by atoms with Gasteiger partial charge in [-0.3, -0.25) is 9.35 Å². The number of nitrogens with one attached hydrogen (secondary N) is 1. The Kier molecular flexibility index (Phi) is 28.8. The zero-order chi connectivity index (χ0) is 38.5. The second-order valence-electron chi connectivity index (χ2n) is 14.2. The fourth-order valence-corrected chi connectivity index (χ4v) is 6.77. The fourth-order valence-electron chi connectivity index (χ4n) is 6.26. The van der Waals surface area contributed by atoms with Crippen molar-refractivity contribution in [2.24, 2.45) is 0 Å². The molecule has 1 fully saturated rings. The van der Waals surface area contributed by atoms with Gasteiger partial charge in [-0.05, 0) is 38.5 Å². The van der Waals surface area contributed by atoms with E-state index in [-0.39, 0.29) is 18.9 Å². The SMILES string of the molecule is CCCC/C=C\CCCCCCCC(=O)NC(COC1OC(CO)C(O)C(OS(=O)(=O)O)C1O)C(O)/C=C/CCCCCCCCCCCCCC. The number of carbonyl (C=O) groups is 1.